The predicted octanol–water partition coefficient (Wildman–Crippen LogP) is 2.43. The van der Waals surface area contributed by atoms with Crippen molar-refractivity contribution in [2.45, 2.75) is 24.7 Å². The molecule has 34 heavy (non-hydrogen) atoms. The Labute approximate surface area is 201 Å². The van der Waals surface area contributed by atoms with Crippen molar-refractivity contribution in [3.63, 3.8) is 0 Å². The molecule has 0 spiro atoms. The minimum atomic E-state index is -3.81. The van der Waals surface area contributed by atoms with E-state index in [0.29, 0.717) is 50.9 Å². The Morgan fingerprint density at radius 2 is 1.35 bits per heavy atom. The first-order valence-corrected chi connectivity index (χ1v) is 13.1. The van der Waals surface area contributed by atoms with E-state index in [-0.39, 0.29) is 35.4 Å². The van der Waals surface area contributed by atoms with Gasteiger partial charge in [0, 0.05) is 44.8 Å². The largest absolute Gasteiger partial charge is 0.379 e. The minimum Gasteiger partial charge on any atom is -0.379 e. The summed E-state index contributed by atoms with van der Waals surface area (Å²) in [5, 5.41) is 0. The maximum absolute atomic E-state index is 13.3. The quantitative estimate of drug-likeness (QED) is 0.649. The Morgan fingerprint density at radius 3 is 1.94 bits per heavy atom. The summed E-state index contributed by atoms with van der Waals surface area (Å²) < 4.78 is 33.0. The number of ether oxygens (including phenoxy) is 1. The van der Waals surface area contributed by atoms with Gasteiger partial charge in [-0.05, 0) is 35.7 Å². The highest BCUT2D eigenvalue weighted by Gasteiger charge is 2.32. The van der Waals surface area contributed by atoms with Crippen molar-refractivity contribution in [2.24, 2.45) is 0 Å². The third-order valence-electron chi connectivity index (χ3n) is 6.38. The number of sulfonamides is 1. The van der Waals surface area contributed by atoms with Gasteiger partial charge >= 0.3 is 0 Å². The minimum absolute atomic E-state index is 0.0191. The van der Waals surface area contributed by atoms with Crippen LogP contribution in [-0.2, 0) is 14.8 Å². The number of amides is 2. The number of hydrogen-bond acceptors (Lipinski definition) is 5. The Hall–Kier alpha value is -2.75. The number of piperazine rings is 1. The Kier molecular flexibility index (Phi) is 7.35. The molecule has 2 aliphatic rings. The molecule has 2 fully saturated rings. The van der Waals surface area contributed by atoms with Crippen LogP contribution in [0.5, 0.6) is 0 Å². The Morgan fingerprint density at radius 1 is 0.794 bits per heavy atom. The first-order valence-electron chi connectivity index (χ1n) is 11.6. The number of morpholine rings is 1. The molecule has 0 saturated carbocycles. The predicted molar refractivity (Wildman–Crippen MR) is 128 cm³/mol. The van der Waals surface area contributed by atoms with E-state index in [1.165, 1.54) is 15.9 Å². The lowest BCUT2D eigenvalue weighted by molar-refractivity contribution is 0.0533. The van der Waals surface area contributed by atoms with Crippen molar-refractivity contribution < 1.29 is 22.7 Å². The number of nitrogens with zero attached hydrogens (tertiary/aromatic N) is 3. The molecule has 2 amide bonds. The summed E-state index contributed by atoms with van der Waals surface area (Å²) in [5.41, 5.74) is 1.97. The van der Waals surface area contributed by atoms with Gasteiger partial charge in [0.1, 0.15) is 0 Å². The van der Waals surface area contributed by atoms with Crippen molar-refractivity contribution in [1.29, 1.82) is 0 Å². The number of benzene rings is 2. The molecule has 0 unspecified atom stereocenters. The summed E-state index contributed by atoms with van der Waals surface area (Å²) >= 11 is 0. The molecular formula is C25H31N3O5S. The van der Waals surface area contributed by atoms with Crippen LogP contribution in [0.1, 0.15) is 46.0 Å². The van der Waals surface area contributed by atoms with Gasteiger partial charge < -0.3 is 14.5 Å². The molecule has 2 saturated heterocycles. The van der Waals surface area contributed by atoms with Crippen LogP contribution in [0.4, 0.5) is 0 Å². The van der Waals surface area contributed by atoms with E-state index in [1.807, 2.05) is 24.3 Å². The molecule has 0 radical (unpaired) electrons. The van der Waals surface area contributed by atoms with Gasteiger partial charge in [0.15, 0.2) is 0 Å². The smallest absolute Gasteiger partial charge is 0.255 e. The highest BCUT2D eigenvalue weighted by molar-refractivity contribution is 7.89. The molecule has 2 aromatic rings. The molecule has 182 valence electrons. The average Bonchev–Trinajstić information content (AvgIpc) is 2.88. The van der Waals surface area contributed by atoms with Gasteiger partial charge in [-0.15, -0.1) is 0 Å². The second-order valence-corrected chi connectivity index (χ2v) is 10.8. The SMILES string of the molecule is CC(C)c1ccc(C(=O)N2CCN(C(=O)c3ccccc3S(=O)(=O)N3CCOCC3)CC2)cc1. The number of carbonyl (C=O) groups is 2. The van der Waals surface area contributed by atoms with Crippen molar-refractivity contribution >= 4 is 21.8 Å². The summed E-state index contributed by atoms with van der Waals surface area (Å²) in [6.07, 6.45) is 0. The number of carbonyl (C=O) groups excluding carboxylic acids is 2. The van der Waals surface area contributed by atoms with Crippen molar-refractivity contribution in [3.05, 3.63) is 65.2 Å². The summed E-state index contributed by atoms with van der Waals surface area (Å²) in [6, 6.07) is 14.0. The normalized spacial score (nSPS) is 17.7. The second-order valence-electron chi connectivity index (χ2n) is 8.87. The van der Waals surface area contributed by atoms with Crippen LogP contribution in [-0.4, -0.2) is 86.8 Å². The zero-order valence-corrected chi connectivity index (χ0v) is 20.5. The Balaban J connectivity index is 1.44. The molecule has 0 bridgehead atoms. The van der Waals surface area contributed by atoms with Crippen LogP contribution >= 0.6 is 0 Å². The summed E-state index contributed by atoms with van der Waals surface area (Å²) in [4.78, 5) is 29.6. The molecule has 4 rings (SSSR count). The zero-order chi connectivity index (χ0) is 24.3. The van der Waals surface area contributed by atoms with Crippen LogP contribution in [0.2, 0.25) is 0 Å². The van der Waals surface area contributed by atoms with Gasteiger partial charge in [0.2, 0.25) is 10.0 Å². The van der Waals surface area contributed by atoms with E-state index in [1.54, 1.807) is 28.0 Å². The Bertz CT molecular complexity index is 1130. The van der Waals surface area contributed by atoms with E-state index < -0.39 is 10.0 Å². The van der Waals surface area contributed by atoms with E-state index in [9.17, 15) is 18.0 Å². The molecule has 0 aliphatic carbocycles. The molecular weight excluding hydrogens is 454 g/mol. The van der Waals surface area contributed by atoms with Gasteiger partial charge in [0.25, 0.3) is 11.8 Å². The third kappa shape index (κ3) is 5.01. The van der Waals surface area contributed by atoms with Crippen molar-refractivity contribution in [3.8, 4) is 0 Å². The van der Waals surface area contributed by atoms with Gasteiger partial charge in [-0.25, -0.2) is 8.42 Å². The topological polar surface area (TPSA) is 87.2 Å². The fourth-order valence-corrected chi connectivity index (χ4v) is 5.86. The molecule has 2 aromatic carbocycles. The van der Waals surface area contributed by atoms with Crippen LogP contribution in [0.25, 0.3) is 0 Å². The van der Waals surface area contributed by atoms with E-state index in [4.69, 9.17) is 4.74 Å². The molecule has 0 N–H and O–H groups in total. The van der Waals surface area contributed by atoms with Gasteiger partial charge in [-0.2, -0.15) is 4.31 Å². The molecule has 2 aliphatic heterocycles. The summed E-state index contributed by atoms with van der Waals surface area (Å²) in [5.74, 6) is 0.00664. The van der Waals surface area contributed by atoms with Gasteiger partial charge in [-0.3, -0.25) is 9.59 Å². The van der Waals surface area contributed by atoms with Crippen LogP contribution in [0, 0.1) is 0 Å². The zero-order valence-electron chi connectivity index (χ0n) is 19.6. The molecule has 0 aromatic heterocycles. The number of rotatable bonds is 5. The van der Waals surface area contributed by atoms with Gasteiger partial charge in [0.05, 0.1) is 23.7 Å². The highest BCUT2D eigenvalue weighted by atomic mass is 32.2. The lowest BCUT2D eigenvalue weighted by Crippen LogP contribution is -2.51. The second kappa shape index (κ2) is 10.2. The first-order chi connectivity index (χ1) is 16.3. The van der Waals surface area contributed by atoms with E-state index in [2.05, 4.69) is 13.8 Å². The summed E-state index contributed by atoms with van der Waals surface area (Å²) in [6.45, 7) is 6.92. The maximum atomic E-state index is 13.3. The standard InChI is InChI=1S/C25H31N3O5S/c1-19(2)20-7-9-21(10-8-20)24(29)26-11-13-27(14-12-26)25(30)22-5-3-4-6-23(22)34(31,32)28-15-17-33-18-16-28/h3-10,19H,11-18H2,1-2H3. The fraction of sp³-hybridized carbons (Fsp3) is 0.440. The van der Waals surface area contributed by atoms with Gasteiger partial charge in [-0.1, -0.05) is 38.1 Å². The molecule has 9 heteroatoms. The number of hydrogen-bond donors (Lipinski definition) is 0. The van der Waals surface area contributed by atoms with Crippen LogP contribution in [0.15, 0.2) is 53.4 Å². The van der Waals surface area contributed by atoms with Crippen molar-refractivity contribution in [1.82, 2.24) is 14.1 Å². The van der Waals surface area contributed by atoms with E-state index in [0.717, 1.165) is 0 Å². The van der Waals surface area contributed by atoms with E-state index >= 15 is 0 Å². The summed E-state index contributed by atoms with van der Waals surface area (Å²) in [7, 11) is -3.81. The monoisotopic (exact) mass is 485 g/mol. The van der Waals surface area contributed by atoms with Crippen LogP contribution < -0.4 is 0 Å². The lowest BCUT2D eigenvalue weighted by Gasteiger charge is -2.35. The fourth-order valence-electron chi connectivity index (χ4n) is 4.27. The van der Waals surface area contributed by atoms with Crippen LogP contribution in [0.3, 0.4) is 0 Å². The average molecular weight is 486 g/mol. The molecule has 8 nitrogen and oxygen atoms in total. The third-order valence-corrected chi connectivity index (χ3v) is 8.34. The molecule has 0 atom stereocenters. The van der Waals surface area contributed by atoms with Crippen molar-refractivity contribution in [2.75, 3.05) is 52.5 Å². The maximum Gasteiger partial charge on any atom is 0.255 e. The molecule has 2 heterocycles. The first kappa shape index (κ1) is 24.4. The lowest BCUT2D eigenvalue weighted by atomic mass is 10.0. The highest BCUT2D eigenvalue weighted by Crippen LogP contribution is 2.23.